The minimum Gasteiger partial charge on any atom is -0.446 e. The van der Waals surface area contributed by atoms with Gasteiger partial charge in [-0.15, -0.1) is 0 Å². The number of aromatic amines is 1. The minimum absolute atomic E-state index is 0.126. The molecule has 0 aliphatic carbocycles. The van der Waals surface area contributed by atoms with Crippen LogP contribution in [0.3, 0.4) is 0 Å². The molecule has 3 rings (SSSR count). The lowest BCUT2D eigenvalue weighted by Crippen LogP contribution is -2.30. The molecule has 1 aliphatic heterocycles. The largest absolute Gasteiger partial charge is 0.446 e. The second kappa shape index (κ2) is 8.20. The first-order chi connectivity index (χ1) is 13.4. The third kappa shape index (κ3) is 3.57. The van der Waals surface area contributed by atoms with Crippen molar-refractivity contribution in [2.75, 3.05) is 7.11 Å². The first-order valence-corrected chi connectivity index (χ1v) is 9.35. The summed E-state index contributed by atoms with van der Waals surface area (Å²) in [7, 11) is 1.27. The van der Waals surface area contributed by atoms with Gasteiger partial charge in [-0.1, -0.05) is 37.4 Å². The first kappa shape index (κ1) is 20.2. The Morgan fingerprint density at radius 3 is 2.86 bits per heavy atom. The van der Waals surface area contributed by atoms with Gasteiger partial charge in [0.15, 0.2) is 5.94 Å². The molecular formula is C20H21ClN2O5. The van der Waals surface area contributed by atoms with E-state index in [-0.39, 0.29) is 23.3 Å². The molecule has 148 valence electrons. The molecule has 0 saturated heterocycles. The number of ether oxygens (including phenoxy) is 1. The topological polar surface area (TPSA) is 101 Å². The van der Waals surface area contributed by atoms with Gasteiger partial charge in [-0.2, -0.15) is 0 Å². The number of amides is 1. The van der Waals surface area contributed by atoms with E-state index in [1.54, 1.807) is 24.1 Å². The Morgan fingerprint density at radius 1 is 1.43 bits per heavy atom. The number of fused-ring (bicyclic) bond motifs is 1. The molecule has 1 atom stereocenters. The fraction of sp³-hybridized carbons (Fsp3) is 0.350. The maximum atomic E-state index is 12.6. The fourth-order valence-corrected chi connectivity index (χ4v) is 3.63. The zero-order valence-electron chi connectivity index (χ0n) is 15.6. The predicted octanol–water partition coefficient (Wildman–Crippen LogP) is 3.27. The van der Waals surface area contributed by atoms with Gasteiger partial charge in [0.25, 0.3) is 5.91 Å². The second-order valence-electron chi connectivity index (χ2n) is 6.54. The molecule has 0 spiro atoms. The van der Waals surface area contributed by atoms with Crippen molar-refractivity contribution >= 4 is 39.9 Å². The summed E-state index contributed by atoms with van der Waals surface area (Å²) in [5.41, 5.74) is 3.35. The van der Waals surface area contributed by atoms with E-state index in [4.69, 9.17) is 21.2 Å². The SMILES string of the molecule is CCCCCC1(O)OC(=C=O)C(C(=O)NOC)=C1c1cc2c(Cl)cccc2[nH]1. The Labute approximate surface area is 166 Å². The van der Waals surface area contributed by atoms with Crippen LogP contribution in [-0.4, -0.2) is 34.8 Å². The van der Waals surface area contributed by atoms with Crippen LogP contribution in [0.15, 0.2) is 35.6 Å². The molecule has 1 aromatic heterocycles. The highest BCUT2D eigenvalue weighted by molar-refractivity contribution is 6.35. The van der Waals surface area contributed by atoms with Crippen molar-refractivity contribution in [3.8, 4) is 0 Å². The van der Waals surface area contributed by atoms with E-state index >= 15 is 0 Å². The Balaban J connectivity index is 2.21. The van der Waals surface area contributed by atoms with Crippen LogP contribution in [0.25, 0.3) is 16.5 Å². The highest BCUT2D eigenvalue weighted by Crippen LogP contribution is 2.45. The van der Waals surface area contributed by atoms with Gasteiger partial charge in [-0.3, -0.25) is 9.63 Å². The molecule has 0 fully saturated rings. The number of halogens is 1. The number of unbranched alkanes of at least 4 members (excludes halogenated alkanes) is 2. The number of rotatable bonds is 7. The van der Waals surface area contributed by atoms with Crippen LogP contribution in [0.2, 0.25) is 5.02 Å². The molecule has 3 N–H and O–H groups in total. The Hall–Kier alpha value is -2.57. The molecule has 0 bridgehead atoms. The molecule has 8 heteroatoms. The van der Waals surface area contributed by atoms with Crippen molar-refractivity contribution in [2.45, 2.75) is 38.4 Å². The number of benzene rings is 1. The van der Waals surface area contributed by atoms with Crippen molar-refractivity contribution in [1.29, 1.82) is 0 Å². The first-order valence-electron chi connectivity index (χ1n) is 8.97. The highest BCUT2D eigenvalue weighted by Gasteiger charge is 2.48. The number of aliphatic hydroxyl groups is 1. The monoisotopic (exact) mass is 404 g/mol. The van der Waals surface area contributed by atoms with E-state index in [1.807, 2.05) is 13.0 Å². The molecule has 2 aromatic rings. The van der Waals surface area contributed by atoms with E-state index in [9.17, 15) is 14.7 Å². The third-order valence-corrected chi connectivity index (χ3v) is 4.98. The third-order valence-electron chi connectivity index (χ3n) is 4.65. The number of hydrogen-bond acceptors (Lipinski definition) is 5. The maximum absolute atomic E-state index is 12.6. The van der Waals surface area contributed by atoms with Crippen LogP contribution in [-0.2, 0) is 19.2 Å². The van der Waals surface area contributed by atoms with Gasteiger partial charge in [0.05, 0.1) is 12.7 Å². The minimum atomic E-state index is -1.85. The molecule has 0 saturated carbocycles. The normalized spacial score (nSPS) is 19.1. The van der Waals surface area contributed by atoms with Crippen molar-refractivity contribution in [3.05, 3.63) is 46.3 Å². The van der Waals surface area contributed by atoms with Gasteiger partial charge in [0.2, 0.25) is 11.5 Å². The van der Waals surface area contributed by atoms with Crippen molar-refractivity contribution in [3.63, 3.8) is 0 Å². The van der Waals surface area contributed by atoms with Crippen LogP contribution in [0.5, 0.6) is 0 Å². The van der Waals surface area contributed by atoms with Crippen molar-refractivity contribution < 1.29 is 24.3 Å². The number of nitrogens with one attached hydrogen (secondary N) is 2. The summed E-state index contributed by atoms with van der Waals surface area (Å²) in [6, 6.07) is 7.06. The van der Waals surface area contributed by atoms with E-state index in [2.05, 4.69) is 10.5 Å². The lowest BCUT2D eigenvalue weighted by Gasteiger charge is -2.25. The van der Waals surface area contributed by atoms with Gasteiger partial charge in [-0.05, 0) is 24.6 Å². The number of carbonyl (C=O) groups is 1. The lowest BCUT2D eigenvalue weighted by molar-refractivity contribution is -0.128. The predicted molar refractivity (Wildman–Crippen MR) is 105 cm³/mol. The summed E-state index contributed by atoms with van der Waals surface area (Å²) in [6.45, 7) is 2.03. The molecule has 2 heterocycles. The van der Waals surface area contributed by atoms with Crippen LogP contribution >= 0.6 is 11.6 Å². The van der Waals surface area contributed by atoms with E-state index in [0.29, 0.717) is 17.1 Å². The number of aromatic nitrogens is 1. The summed E-state index contributed by atoms with van der Waals surface area (Å²) < 4.78 is 5.52. The Bertz CT molecular complexity index is 990. The van der Waals surface area contributed by atoms with Gasteiger partial charge >= 0.3 is 0 Å². The number of hydrogen-bond donors (Lipinski definition) is 3. The molecule has 0 radical (unpaired) electrons. The van der Waals surface area contributed by atoms with Gasteiger partial charge in [0, 0.05) is 28.0 Å². The van der Waals surface area contributed by atoms with Crippen molar-refractivity contribution in [1.82, 2.24) is 10.5 Å². The van der Waals surface area contributed by atoms with E-state index < -0.39 is 11.7 Å². The van der Waals surface area contributed by atoms with Crippen LogP contribution < -0.4 is 5.48 Å². The second-order valence-corrected chi connectivity index (χ2v) is 6.95. The molecule has 1 amide bonds. The number of H-pyrrole nitrogens is 1. The Kier molecular flexibility index (Phi) is 5.91. The summed E-state index contributed by atoms with van der Waals surface area (Å²) in [5.74, 6) is -1.32. The van der Waals surface area contributed by atoms with Gasteiger partial charge in [-0.25, -0.2) is 10.3 Å². The lowest BCUT2D eigenvalue weighted by atomic mass is 9.93. The van der Waals surface area contributed by atoms with Gasteiger partial charge < -0.3 is 14.8 Å². The quantitative estimate of drug-likeness (QED) is 0.373. The molecular weight excluding hydrogens is 384 g/mol. The molecule has 28 heavy (non-hydrogen) atoms. The van der Waals surface area contributed by atoms with Gasteiger partial charge in [0.1, 0.15) is 5.57 Å². The summed E-state index contributed by atoms with van der Waals surface area (Å²) in [6.07, 6.45) is 2.64. The fourth-order valence-electron chi connectivity index (χ4n) is 3.40. The molecule has 7 nitrogen and oxygen atoms in total. The van der Waals surface area contributed by atoms with Crippen molar-refractivity contribution in [2.24, 2.45) is 0 Å². The smallest absolute Gasteiger partial charge is 0.280 e. The zero-order chi connectivity index (χ0) is 20.3. The van der Waals surface area contributed by atoms with Crippen LogP contribution in [0, 0.1) is 0 Å². The number of carbonyl (C=O) groups excluding carboxylic acids is 2. The average Bonchev–Trinajstić information content (AvgIpc) is 3.21. The van der Waals surface area contributed by atoms with Crippen LogP contribution in [0.4, 0.5) is 0 Å². The molecule has 1 aromatic carbocycles. The molecule has 1 unspecified atom stereocenters. The Morgan fingerprint density at radius 2 is 2.21 bits per heavy atom. The maximum Gasteiger partial charge on any atom is 0.280 e. The zero-order valence-corrected chi connectivity index (χ0v) is 16.4. The standard InChI is InChI=1S/C20H21ClN2O5/c1-3-4-5-9-20(26)18(17(16(11-24)28-20)19(25)23-27-2)15-10-12-13(21)7-6-8-14(12)22-15/h6-8,10,22,26H,3-5,9H2,1-2H3,(H,23,25). The summed E-state index contributed by atoms with van der Waals surface area (Å²) in [5, 5.41) is 12.5. The summed E-state index contributed by atoms with van der Waals surface area (Å²) >= 11 is 6.26. The average molecular weight is 405 g/mol. The van der Waals surface area contributed by atoms with Crippen LogP contribution in [0.1, 0.15) is 38.3 Å². The number of hydroxylamine groups is 1. The van der Waals surface area contributed by atoms with E-state index in [1.165, 1.54) is 7.11 Å². The highest BCUT2D eigenvalue weighted by atomic mass is 35.5. The molecule has 1 aliphatic rings. The summed E-state index contributed by atoms with van der Waals surface area (Å²) in [4.78, 5) is 31.9. The van der Waals surface area contributed by atoms with E-state index in [0.717, 1.165) is 23.7 Å².